The molecule has 1 aromatic carbocycles. The van der Waals surface area contributed by atoms with Gasteiger partial charge < -0.3 is 0 Å². The van der Waals surface area contributed by atoms with Gasteiger partial charge in [0.25, 0.3) is 0 Å². The molecular formula is C14H17BrOS. The Kier molecular flexibility index (Phi) is 4.69. The highest BCUT2D eigenvalue weighted by atomic mass is 79.9. The molecule has 0 aliphatic heterocycles. The van der Waals surface area contributed by atoms with E-state index in [1.807, 2.05) is 23.9 Å². The molecule has 1 saturated carbocycles. The second-order valence-electron chi connectivity index (χ2n) is 4.66. The Morgan fingerprint density at radius 3 is 2.76 bits per heavy atom. The lowest BCUT2D eigenvalue weighted by Gasteiger charge is -2.11. The third kappa shape index (κ3) is 3.59. The molecule has 0 N–H and O–H groups in total. The van der Waals surface area contributed by atoms with E-state index in [9.17, 15) is 4.79 Å². The number of ketones is 1. The highest BCUT2D eigenvalue weighted by molar-refractivity contribution is 9.10. The number of thioether (sulfide) groups is 1. The van der Waals surface area contributed by atoms with Crippen molar-refractivity contribution < 1.29 is 4.79 Å². The number of carbonyl (C=O) groups is 1. The number of Topliss-reactive ketones (excluding diaryl/α,β-unsaturated/α-hetero) is 1. The maximum Gasteiger partial charge on any atom is 0.160 e. The van der Waals surface area contributed by atoms with Crippen LogP contribution in [0.2, 0.25) is 0 Å². The minimum Gasteiger partial charge on any atom is -0.294 e. The zero-order valence-corrected chi connectivity index (χ0v) is 12.4. The van der Waals surface area contributed by atoms with Crippen molar-refractivity contribution in [3.05, 3.63) is 28.2 Å². The van der Waals surface area contributed by atoms with Gasteiger partial charge in [0.1, 0.15) is 0 Å². The predicted octanol–water partition coefficient (Wildman–Crippen LogP) is 4.93. The van der Waals surface area contributed by atoms with Gasteiger partial charge in [-0.05, 0) is 43.9 Å². The van der Waals surface area contributed by atoms with E-state index in [1.165, 1.54) is 25.7 Å². The van der Waals surface area contributed by atoms with Crippen molar-refractivity contribution in [1.82, 2.24) is 0 Å². The Bertz CT molecular complexity index is 411. The van der Waals surface area contributed by atoms with Gasteiger partial charge in [-0.15, -0.1) is 11.8 Å². The van der Waals surface area contributed by atoms with Crippen molar-refractivity contribution in [2.24, 2.45) is 5.92 Å². The maximum absolute atomic E-state index is 11.6. The van der Waals surface area contributed by atoms with Crippen molar-refractivity contribution in [2.45, 2.75) is 37.5 Å². The molecule has 0 atom stereocenters. The molecule has 1 aromatic rings. The Labute approximate surface area is 115 Å². The molecule has 1 aliphatic rings. The Morgan fingerprint density at radius 1 is 1.41 bits per heavy atom. The number of benzene rings is 1. The van der Waals surface area contributed by atoms with Gasteiger partial charge in [-0.3, -0.25) is 4.79 Å². The molecule has 2 rings (SSSR count). The normalized spacial score (nSPS) is 16.4. The summed E-state index contributed by atoms with van der Waals surface area (Å²) in [5.74, 6) is 2.16. The molecule has 1 nitrogen and oxygen atoms in total. The Hall–Kier alpha value is -0.280. The van der Waals surface area contributed by atoms with Crippen LogP contribution in [0.3, 0.4) is 0 Å². The molecule has 0 aromatic heterocycles. The van der Waals surface area contributed by atoms with Crippen LogP contribution in [0, 0.1) is 5.92 Å². The number of halogens is 1. The summed E-state index contributed by atoms with van der Waals surface area (Å²) in [7, 11) is 0. The van der Waals surface area contributed by atoms with Gasteiger partial charge in [0.2, 0.25) is 0 Å². The molecule has 92 valence electrons. The van der Waals surface area contributed by atoms with Crippen LogP contribution in [0.1, 0.15) is 43.0 Å². The SMILES string of the molecule is CC(=O)c1cc(Br)ccc1SCC1CCCC1. The quantitative estimate of drug-likeness (QED) is 0.579. The van der Waals surface area contributed by atoms with E-state index in [1.54, 1.807) is 6.92 Å². The van der Waals surface area contributed by atoms with Gasteiger partial charge in [-0.1, -0.05) is 28.8 Å². The maximum atomic E-state index is 11.6. The second-order valence-corrected chi connectivity index (χ2v) is 6.64. The van der Waals surface area contributed by atoms with Gasteiger partial charge in [0.15, 0.2) is 5.78 Å². The molecule has 0 spiro atoms. The minimum absolute atomic E-state index is 0.153. The van der Waals surface area contributed by atoms with E-state index >= 15 is 0 Å². The summed E-state index contributed by atoms with van der Waals surface area (Å²) >= 11 is 5.26. The first kappa shape index (κ1) is 13.2. The van der Waals surface area contributed by atoms with Gasteiger partial charge >= 0.3 is 0 Å². The lowest BCUT2D eigenvalue weighted by Crippen LogP contribution is -2.00. The lowest BCUT2D eigenvalue weighted by molar-refractivity contribution is 0.101. The van der Waals surface area contributed by atoms with E-state index in [2.05, 4.69) is 22.0 Å². The molecule has 3 heteroatoms. The summed E-state index contributed by atoms with van der Waals surface area (Å²) in [6.07, 6.45) is 5.48. The van der Waals surface area contributed by atoms with Crippen LogP contribution in [-0.4, -0.2) is 11.5 Å². The van der Waals surface area contributed by atoms with Crippen LogP contribution < -0.4 is 0 Å². The van der Waals surface area contributed by atoms with Crippen molar-refractivity contribution >= 4 is 33.5 Å². The number of carbonyl (C=O) groups excluding carboxylic acids is 1. The molecule has 0 bridgehead atoms. The van der Waals surface area contributed by atoms with Crippen LogP contribution in [0.15, 0.2) is 27.6 Å². The van der Waals surface area contributed by atoms with Crippen molar-refractivity contribution in [1.29, 1.82) is 0 Å². The summed E-state index contributed by atoms with van der Waals surface area (Å²) < 4.78 is 0.980. The van der Waals surface area contributed by atoms with Crippen LogP contribution >= 0.6 is 27.7 Å². The molecule has 1 fully saturated rings. The first-order valence-corrected chi connectivity index (χ1v) is 7.88. The first-order valence-electron chi connectivity index (χ1n) is 6.10. The predicted molar refractivity (Wildman–Crippen MR) is 76.8 cm³/mol. The summed E-state index contributed by atoms with van der Waals surface area (Å²) in [6.45, 7) is 1.64. The zero-order chi connectivity index (χ0) is 12.3. The van der Waals surface area contributed by atoms with Crippen LogP contribution in [0.25, 0.3) is 0 Å². The van der Waals surface area contributed by atoms with Crippen LogP contribution in [-0.2, 0) is 0 Å². The average molecular weight is 313 g/mol. The number of rotatable bonds is 4. The molecule has 0 saturated heterocycles. The highest BCUT2D eigenvalue weighted by Crippen LogP contribution is 2.33. The Morgan fingerprint density at radius 2 is 2.12 bits per heavy atom. The molecule has 0 unspecified atom stereocenters. The molecular weight excluding hydrogens is 296 g/mol. The number of hydrogen-bond donors (Lipinski definition) is 0. The fourth-order valence-electron chi connectivity index (χ4n) is 2.29. The average Bonchev–Trinajstić information content (AvgIpc) is 2.80. The van der Waals surface area contributed by atoms with Crippen molar-refractivity contribution in [3.8, 4) is 0 Å². The van der Waals surface area contributed by atoms with Gasteiger partial charge in [-0.25, -0.2) is 0 Å². The van der Waals surface area contributed by atoms with E-state index in [4.69, 9.17) is 0 Å². The second kappa shape index (κ2) is 6.05. The fourth-order valence-corrected chi connectivity index (χ4v) is 3.92. The summed E-state index contributed by atoms with van der Waals surface area (Å²) in [5, 5.41) is 0. The third-order valence-electron chi connectivity index (χ3n) is 3.27. The Balaban J connectivity index is 2.06. The zero-order valence-electron chi connectivity index (χ0n) is 10.0. The van der Waals surface area contributed by atoms with Gasteiger partial charge in [0.05, 0.1) is 0 Å². The smallest absolute Gasteiger partial charge is 0.160 e. The van der Waals surface area contributed by atoms with E-state index in [0.29, 0.717) is 0 Å². The summed E-state index contributed by atoms with van der Waals surface area (Å²) in [5.41, 5.74) is 0.849. The topological polar surface area (TPSA) is 17.1 Å². The number of hydrogen-bond acceptors (Lipinski definition) is 2. The minimum atomic E-state index is 0.153. The molecule has 0 amide bonds. The van der Waals surface area contributed by atoms with Crippen LogP contribution in [0.5, 0.6) is 0 Å². The summed E-state index contributed by atoms with van der Waals surface area (Å²) in [4.78, 5) is 12.7. The van der Waals surface area contributed by atoms with E-state index in [0.717, 1.165) is 26.6 Å². The van der Waals surface area contributed by atoms with Crippen LogP contribution in [0.4, 0.5) is 0 Å². The molecule has 1 aliphatic carbocycles. The monoisotopic (exact) mass is 312 g/mol. The van der Waals surface area contributed by atoms with Crippen molar-refractivity contribution in [2.75, 3.05) is 5.75 Å². The summed E-state index contributed by atoms with van der Waals surface area (Å²) in [6, 6.07) is 6.00. The molecule has 17 heavy (non-hydrogen) atoms. The van der Waals surface area contributed by atoms with E-state index < -0.39 is 0 Å². The molecule has 0 heterocycles. The molecule has 0 radical (unpaired) electrons. The largest absolute Gasteiger partial charge is 0.294 e. The fraction of sp³-hybridized carbons (Fsp3) is 0.500. The van der Waals surface area contributed by atoms with Gasteiger partial charge in [-0.2, -0.15) is 0 Å². The highest BCUT2D eigenvalue weighted by Gasteiger charge is 2.16. The van der Waals surface area contributed by atoms with Crippen molar-refractivity contribution in [3.63, 3.8) is 0 Å². The van der Waals surface area contributed by atoms with Gasteiger partial charge in [0, 0.05) is 20.7 Å². The lowest BCUT2D eigenvalue weighted by atomic mass is 10.1. The third-order valence-corrected chi connectivity index (χ3v) is 5.07. The standard InChI is InChI=1S/C14H17BrOS/c1-10(16)13-8-12(15)6-7-14(13)17-9-11-4-2-3-5-11/h6-8,11H,2-5,9H2,1H3. The first-order chi connectivity index (χ1) is 8.16. The van der Waals surface area contributed by atoms with E-state index in [-0.39, 0.29) is 5.78 Å².